The number of amides is 1. The van der Waals surface area contributed by atoms with Gasteiger partial charge in [0.15, 0.2) is 0 Å². The maximum Gasteiger partial charge on any atom is 0.337 e. The van der Waals surface area contributed by atoms with Crippen molar-refractivity contribution >= 4 is 23.6 Å². The van der Waals surface area contributed by atoms with Gasteiger partial charge in [-0.2, -0.15) is 11.8 Å². The number of unbranched alkanes of at least 4 members (excludes halogenated alkanes) is 2. The summed E-state index contributed by atoms with van der Waals surface area (Å²) in [7, 11) is 0. The number of esters is 1. The minimum absolute atomic E-state index is 0.185. The zero-order valence-electron chi connectivity index (χ0n) is 24.0. The van der Waals surface area contributed by atoms with Gasteiger partial charge in [0, 0.05) is 37.0 Å². The lowest BCUT2D eigenvalue weighted by Gasteiger charge is -2.57. The fourth-order valence-electron chi connectivity index (χ4n) is 7.50. The number of nitrogens with zero attached hydrogens (tertiary/aromatic N) is 2. The van der Waals surface area contributed by atoms with Gasteiger partial charge >= 0.3 is 5.97 Å². The molecule has 4 fully saturated rings. The molecule has 1 heterocycles. The van der Waals surface area contributed by atoms with Gasteiger partial charge in [0.2, 0.25) is 5.54 Å². The quantitative estimate of drug-likeness (QED) is 0.187. The van der Waals surface area contributed by atoms with Crippen molar-refractivity contribution in [2.45, 2.75) is 109 Å². The number of aromatic nitrogens is 1. The summed E-state index contributed by atoms with van der Waals surface area (Å²) in [6.07, 6.45) is 15.8. The number of thioether (sulfide) groups is 1. The first-order valence-electron chi connectivity index (χ1n) is 14.8. The first-order valence-corrected chi connectivity index (χ1v) is 16.0. The molecule has 0 aromatic carbocycles. The molecule has 1 unspecified atom stereocenters. The summed E-state index contributed by atoms with van der Waals surface area (Å²) in [6, 6.07) is 3.89. The Morgan fingerprint density at radius 3 is 2.21 bits per heavy atom. The summed E-state index contributed by atoms with van der Waals surface area (Å²) in [6.45, 7) is 8.98. The van der Waals surface area contributed by atoms with E-state index in [1.165, 1.54) is 50.3 Å². The Balaban J connectivity index is 1.49. The zero-order valence-corrected chi connectivity index (χ0v) is 24.9. The molecule has 1 aromatic rings. The van der Waals surface area contributed by atoms with E-state index in [4.69, 9.17) is 10.5 Å². The van der Waals surface area contributed by atoms with Gasteiger partial charge in [-0.25, -0.2) is 4.79 Å². The van der Waals surface area contributed by atoms with E-state index in [0.717, 1.165) is 49.0 Å². The van der Waals surface area contributed by atoms with Crippen LogP contribution in [0.5, 0.6) is 0 Å². The lowest BCUT2D eigenvalue weighted by atomic mass is 9.49. The number of ether oxygens (including phenoxy) is 1. The van der Waals surface area contributed by atoms with Gasteiger partial charge in [0.25, 0.3) is 5.91 Å². The third-order valence-electron chi connectivity index (χ3n) is 8.89. The molecule has 0 aliphatic heterocycles. The van der Waals surface area contributed by atoms with E-state index in [-0.39, 0.29) is 11.7 Å². The highest BCUT2D eigenvalue weighted by Gasteiger charge is 2.52. The molecule has 2 N–H and O–H groups in total. The van der Waals surface area contributed by atoms with Gasteiger partial charge < -0.3 is 15.4 Å². The SMILES string of the molecule is CCCCCN(CCC12CC3CC(CC(C3)C1)C2)C(=O)C(N)(CSCc1ccncc1)C(=O)OC(C)(C)C. The number of pyridine rings is 1. The Morgan fingerprint density at radius 2 is 1.66 bits per heavy atom. The summed E-state index contributed by atoms with van der Waals surface area (Å²) in [5, 5.41) is 0. The van der Waals surface area contributed by atoms with Gasteiger partial charge in [-0.3, -0.25) is 9.78 Å². The van der Waals surface area contributed by atoms with Crippen LogP contribution in [0.2, 0.25) is 0 Å². The van der Waals surface area contributed by atoms with Crippen LogP contribution in [0.4, 0.5) is 0 Å². The molecule has 7 heteroatoms. The molecule has 4 bridgehead atoms. The normalized spacial score (nSPS) is 27.7. The topological polar surface area (TPSA) is 85.5 Å². The number of rotatable bonds is 13. The molecular weight excluding hydrogens is 494 g/mol. The van der Waals surface area contributed by atoms with Crippen molar-refractivity contribution in [3.05, 3.63) is 30.1 Å². The molecule has 0 radical (unpaired) electrons. The third kappa shape index (κ3) is 7.32. The van der Waals surface area contributed by atoms with Crippen LogP contribution in [-0.4, -0.2) is 51.7 Å². The van der Waals surface area contributed by atoms with Crippen molar-refractivity contribution in [3.8, 4) is 0 Å². The van der Waals surface area contributed by atoms with E-state index in [2.05, 4.69) is 11.9 Å². The van der Waals surface area contributed by atoms with Crippen LogP contribution >= 0.6 is 11.8 Å². The second-order valence-electron chi connectivity index (χ2n) is 13.5. The Morgan fingerprint density at radius 1 is 1.05 bits per heavy atom. The van der Waals surface area contributed by atoms with E-state index in [1.54, 1.807) is 12.4 Å². The number of carbonyl (C=O) groups excluding carboxylic acids is 2. The molecule has 38 heavy (non-hydrogen) atoms. The predicted molar refractivity (Wildman–Crippen MR) is 154 cm³/mol. The second-order valence-corrected chi connectivity index (χ2v) is 14.5. The largest absolute Gasteiger partial charge is 0.458 e. The molecular formula is C31H49N3O3S. The molecule has 5 rings (SSSR count). The minimum Gasteiger partial charge on any atom is -0.458 e. The average Bonchev–Trinajstić information content (AvgIpc) is 2.84. The van der Waals surface area contributed by atoms with E-state index < -0.39 is 17.1 Å². The number of nitrogens with two attached hydrogens (primary N) is 1. The Hall–Kier alpha value is -1.60. The van der Waals surface area contributed by atoms with Crippen LogP contribution in [0.3, 0.4) is 0 Å². The average molecular weight is 544 g/mol. The highest BCUT2D eigenvalue weighted by atomic mass is 32.2. The van der Waals surface area contributed by atoms with E-state index in [9.17, 15) is 9.59 Å². The predicted octanol–water partition coefficient (Wildman–Crippen LogP) is 5.98. The van der Waals surface area contributed by atoms with Crippen LogP contribution in [0, 0.1) is 23.2 Å². The summed E-state index contributed by atoms with van der Waals surface area (Å²) < 4.78 is 5.75. The molecule has 4 aliphatic carbocycles. The van der Waals surface area contributed by atoms with Crippen molar-refractivity contribution in [2.24, 2.45) is 28.9 Å². The van der Waals surface area contributed by atoms with E-state index >= 15 is 0 Å². The standard InChI is InChI=1S/C31H49N3O3S/c1-5-6-7-13-34(14-10-30-18-24-15-25(19-30)17-26(16-24)20-30)27(35)31(32,28(36)37-29(2,3)4)22-38-21-23-8-11-33-12-9-23/h8-9,11-12,24-26H,5-7,10,13-22,32H2,1-4H3. The smallest absolute Gasteiger partial charge is 0.337 e. The summed E-state index contributed by atoms with van der Waals surface area (Å²) in [4.78, 5) is 33.7. The first-order chi connectivity index (χ1) is 18.0. The minimum atomic E-state index is -1.71. The molecule has 212 valence electrons. The Bertz CT molecular complexity index is 912. The van der Waals surface area contributed by atoms with Crippen LogP contribution in [-0.2, 0) is 20.1 Å². The number of hydrogen-bond acceptors (Lipinski definition) is 6. The molecule has 4 aliphatic rings. The van der Waals surface area contributed by atoms with Gasteiger partial charge in [-0.05, 0) is 113 Å². The zero-order chi connectivity index (χ0) is 27.4. The Labute approximate surface area is 234 Å². The van der Waals surface area contributed by atoms with Crippen molar-refractivity contribution in [2.75, 3.05) is 18.8 Å². The fourth-order valence-corrected chi connectivity index (χ4v) is 8.60. The van der Waals surface area contributed by atoms with Gasteiger partial charge in [-0.1, -0.05) is 19.8 Å². The summed E-state index contributed by atoms with van der Waals surface area (Å²) in [5.41, 5.74) is 5.83. The van der Waals surface area contributed by atoms with Crippen LogP contribution in [0.1, 0.15) is 97.5 Å². The maximum atomic E-state index is 14.2. The van der Waals surface area contributed by atoms with Crippen molar-refractivity contribution in [1.82, 2.24) is 9.88 Å². The number of hydrogen-bond donors (Lipinski definition) is 1. The van der Waals surface area contributed by atoms with Crippen LogP contribution in [0.15, 0.2) is 24.5 Å². The lowest BCUT2D eigenvalue weighted by Crippen LogP contribution is -2.64. The molecule has 0 spiro atoms. The molecule has 0 saturated heterocycles. The van der Waals surface area contributed by atoms with Gasteiger partial charge in [0.05, 0.1) is 0 Å². The summed E-state index contributed by atoms with van der Waals surface area (Å²) in [5.74, 6) is 2.59. The number of carbonyl (C=O) groups is 2. The van der Waals surface area contributed by atoms with E-state index in [1.807, 2.05) is 37.8 Å². The lowest BCUT2D eigenvalue weighted by molar-refractivity contribution is -0.166. The fraction of sp³-hybridized carbons (Fsp3) is 0.774. The molecule has 4 saturated carbocycles. The molecule has 1 aromatic heterocycles. The molecule has 1 amide bonds. The van der Waals surface area contributed by atoms with Crippen molar-refractivity contribution in [1.29, 1.82) is 0 Å². The van der Waals surface area contributed by atoms with Crippen LogP contribution < -0.4 is 5.73 Å². The van der Waals surface area contributed by atoms with Gasteiger partial charge in [-0.15, -0.1) is 0 Å². The van der Waals surface area contributed by atoms with Crippen molar-refractivity contribution in [3.63, 3.8) is 0 Å². The Kier molecular flexibility index (Phi) is 9.50. The highest BCUT2D eigenvalue weighted by Crippen LogP contribution is 2.61. The van der Waals surface area contributed by atoms with Crippen molar-refractivity contribution < 1.29 is 14.3 Å². The van der Waals surface area contributed by atoms with Gasteiger partial charge in [0.1, 0.15) is 5.60 Å². The first kappa shape index (κ1) is 29.4. The monoisotopic (exact) mass is 543 g/mol. The molecule has 6 nitrogen and oxygen atoms in total. The molecule has 1 atom stereocenters. The second kappa shape index (κ2) is 12.3. The summed E-state index contributed by atoms with van der Waals surface area (Å²) >= 11 is 1.51. The highest BCUT2D eigenvalue weighted by molar-refractivity contribution is 7.98. The third-order valence-corrected chi connectivity index (χ3v) is 10.1. The maximum absolute atomic E-state index is 14.2. The van der Waals surface area contributed by atoms with Crippen LogP contribution in [0.25, 0.3) is 0 Å². The van der Waals surface area contributed by atoms with E-state index in [0.29, 0.717) is 24.3 Å².